The summed E-state index contributed by atoms with van der Waals surface area (Å²) in [4.78, 5) is 29.7. The zero-order valence-electron chi connectivity index (χ0n) is 17.7. The van der Waals surface area contributed by atoms with Gasteiger partial charge in [-0.2, -0.15) is 13.2 Å². The highest BCUT2D eigenvalue weighted by Gasteiger charge is 2.37. The summed E-state index contributed by atoms with van der Waals surface area (Å²) in [5.74, 6) is -0.228. The van der Waals surface area contributed by atoms with E-state index in [2.05, 4.69) is 5.32 Å². The molecule has 170 valence electrons. The molecular formula is C24H26F3N3O2. The first kappa shape index (κ1) is 22.3. The van der Waals surface area contributed by atoms with Crippen LogP contribution in [-0.2, 0) is 28.7 Å². The number of nitrogens with zero attached hydrogens (tertiary/aromatic N) is 2. The van der Waals surface area contributed by atoms with E-state index in [9.17, 15) is 22.8 Å². The van der Waals surface area contributed by atoms with Crippen molar-refractivity contribution in [2.45, 2.75) is 38.0 Å². The van der Waals surface area contributed by atoms with Crippen LogP contribution in [0.15, 0.2) is 48.5 Å². The van der Waals surface area contributed by atoms with Crippen LogP contribution in [0.2, 0.25) is 0 Å². The SMILES string of the molecule is O=C(CN1CCc2ccccc2[C@H]1C(=O)N1CCCC1)NCc1ccc(C(F)(F)F)cc1. The highest BCUT2D eigenvalue weighted by Crippen LogP contribution is 2.32. The van der Waals surface area contributed by atoms with E-state index in [1.165, 1.54) is 12.1 Å². The summed E-state index contributed by atoms with van der Waals surface area (Å²) >= 11 is 0. The molecule has 0 unspecified atom stereocenters. The van der Waals surface area contributed by atoms with Gasteiger partial charge in [0.2, 0.25) is 11.8 Å². The molecule has 1 fully saturated rings. The molecule has 2 aromatic rings. The Morgan fingerprint density at radius 2 is 1.66 bits per heavy atom. The number of benzene rings is 2. The Bertz CT molecular complexity index is 969. The molecule has 1 saturated heterocycles. The summed E-state index contributed by atoms with van der Waals surface area (Å²) < 4.78 is 38.1. The van der Waals surface area contributed by atoms with Crippen LogP contribution < -0.4 is 5.32 Å². The van der Waals surface area contributed by atoms with Crippen molar-refractivity contribution in [3.8, 4) is 0 Å². The van der Waals surface area contributed by atoms with Crippen LogP contribution in [0.25, 0.3) is 0 Å². The first-order valence-electron chi connectivity index (χ1n) is 10.9. The third kappa shape index (κ3) is 4.96. The molecule has 1 N–H and O–H groups in total. The number of halogens is 3. The smallest absolute Gasteiger partial charge is 0.351 e. The summed E-state index contributed by atoms with van der Waals surface area (Å²) in [6.45, 7) is 2.26. The number of nitrogens with one attached hydrogen (secondary N) is 1. The number of amides is 2. The molecule has 2 heterocycles. The topological polar surface area (TPSA) is 52.7 Å². The molecule has 2 aromatic carbocycles. The number of hydrogen-bond acceptors (Lipinski definition) is 3. The van der Waals surface area contributed by atoms with Crippen molar-refractivity contribution in [3.05, 3.63) is 70.8 Å². The molecular weight excluding hydrogens is 419 g/mol. The lowest BCUT2D eigenvalue weighted by Gasteiger charge is -2.37. The Morgan fingerprint density at radius 1 is 0.969 bits per heavy atom. The molecule has 4 rings (SSSR count). The van der Waals surface area contributed by atoms with Crippen molar-refractivity contribution >= 4 is 11.8 Å². The van der Waals surface area contributed by atoms with E-state index >= 15 is 0 Å². The zero-order chi connectivity index (χ0) is 22.7. The standard InChI is InChI=1S/C24H26F3N3O2/c25-24(26,27)19-9-7-17(8-10-19)15-28-21(31)16-30-14-11-18-5-1-2-6-20(18)22(30)23(32)29-12-3-4-13-29/h1-2,5-10,22H,3-4,11-16H2,(H,28,31)/t22-/m0/s1. The molecule has 2 aliphatic rings. The molecule has 0 spiro atoms. The molecule has 2 aliphatic heterocycles. The minimum Gasteiger partial charge on any atom is -0.351 e. The van der Waals surface area contributed by atoms with Gasteiger partial charge in [-0.15, -0.1) is 0 Å². The Balaban J connectivity index is 1.42. The summed E-state index contributed by atoms with van der Waals surface area (Å²) in [5, 5.41) is 2.77. The van der Waals surface area contributed by atoms with Gasteiger partial charge in [-0.1, -0.05) is 36.4 Å². The number of carbonyl (C=O) groups is 2. The molecule has 1 atom stereocenters. The monoisotopic (exact) mass is 445 g/mol. The van der Waals surface area contributed by atoms with Crippen LogP contribution in [0.4, 0.5) is 13.2 Å². The fraction of sp³-hybridized carbons (Fsp3) is 0.417. The minimum atomic E-state index is -4.39. The van der Waals surface area contributed by atoms with Crippen LogP contribution in [-0.4, -0.2) is 47.8 Å². The van der Waals surface area contributed by atoms with Crippen molar-refractivity contribution in [2.24, 2.45) is 0 Å². The first-order chi connectivity index (χ1) is 15.3. The van der Waals surface area contributed by atoms with Crippen LogP contribution in [0.3, 0.4) is 0 Å². The van der Waals surface area contributed by atoms with Gasteiger partial charge in [0.25, 0.3) is 0 Å². The lowest BCUT2D eigenvalue weighted by Crippen LogP contribution is -2.48. The normalized spacial score (nSPS) is 19.0. The minimum absolute atomic E-state index is 0.0326. The van der Waals surface area contributed by atoms with Gasteiger partial charge in [0, 0.05) is 26.2 Å². The third-order valence-electron chi connectivity index (χ3n) is 6.15. The Morgan fingerprint density at radius 3 is 2.34 bits per heavy atom. The number of hydrogen-bond donors (Lipinski definition) is 1. The van der Waals surface area contributed by atoms with E-state index in [1.807, 2.05) is 34.1 Å². The lowest BCUT2D eigenvalue weighted by molar-refractivity contribution is -0.138. The Labute approximate surface area is 185 Å². The molecule has 2 amide bonds. The number of alkyl halides is 3. The highest BCUT2D eigenvalue weighted by molar-refractivity contribution is 5.86. The van der Waals surface area contributed by atoms with Crippen LogP contribution >= 0.6 is 0 Å². The summed E-state index contributed by atoms with van der Waals surface area (Å²) in [6.07, 6.45) is -1.64. The van der Waals surface area contributed by atoms with Crippen LogP contribution in [0.1, 0.15) is 41.1 Å². The van der Waals surface area contributed by atoms with Crippen LogP contribution in [0.5, 0.6) is 0 Å². The van der Waals surface area contributed by atoms with Gasteiger partial charge in [-0.25, -0.2) is 0 Å². The van der Waals surface area contributed by atoms with Crippen molar-refractivity contribution in [1.29, 1.82) is 0 Å². The molecule has 0 aromatic heterocycles. The number of likely N-dealkylation sites (tertiary alicyclic amines) is 1. The first-order valence-corrected chi connectivity index (χ1v) is 10.9. The van der Waals surface area contributed by atoms with Gasteiger partial charge in [0.1, 0.15) is 6.04 Å². The number of fused-ring (bicyclic) bond motifs is 1. The van der Waals surface area contributed by atoms with E-state index in [4.69, 9.17) is 0 Å². The average Bonchev–Trinajstić information content (AvgIpc) is 3.32. The maximum absolute atomic E-state index is 13.3. The van der Waals surface area contributed by atoms with Gasteiger partial charge in [0.05, 0.1) is 12.1 Å². The van der Waals surface area contributed by atoms with Gasteiger partial charge >= 0.3 is 6.18 Å². The van der Waals surface area contributed by atoms with E-state index in [-0.39, 0.29) is 24.9 Å². The molecule has 0 saturated carbocycles. The maximum atomic E-state index is 13.3. The maximum Gasteiger partial charge on any atom is 0.416 e. The zero-order valence-corrected chi connectivity index (χ0v) is 17.7. The number of rotatable bonds is 5. The Hall–Kier alpha value is -2.87. The predicted molar refractivity (Wildman–Crippen MR) is 114 cm³/mol. The molecule has 0 bridgehead atoms. The third-order valence-corrected chi connectivity index (χ3v) is 6.15. The fourth-order valence-electron chi connectivity index (χ4n) is 4.44. The lowest BCUT2D eigenvalue weighted by atomic mass is 9.91. The summed E-state index contributed by atoms with van der Waals surface area (Å²) in [5.41, 5.74) is 1.94. The van der Waals surface area contributed by atoms with Gasteiger partial charge in [-0.3, -0.25) is 14.5 Å². The van der Waals surface area contributed by atoms with E-state index in [0.717, 1.165) is 55.6 Å². The van der Waals surface area contributed by atoms with E-state index in [0.29, 0.717) is 12.1 Å². The van der Waals surface area contributed by atoms with Crippen molar-refractivity contribution in [2.75, 3.05) is 26.2 Å². The largest absolute Gasteiger partial charge is 0.416 e. The second-order valence-corrected chi connectivity index (χ2v) is 8.33. The summed E-state index contributed by atoms with van der Waals surface area (Å²) in [7, 11) is 0. The average molecular weight is 445 g/mol. The van der Waals surface area contributed by atoms with Gasteiger partial charge < -0.3 is 10.2 Å². The Kier molecular flexibility index (Phi) is 6.50. The number of carbonyl (C=O) groups excluding carboxylic acids is 2. The van der Waals surface area contributed by atoms with Gasteiger partial charge in [0.15, 0.2) is 0 Å². The van der Waals surface area contributed by atoms with E-state index < -0.39 is 17.8 Å². The van der Waals surface area contributed by atoms with Crippen molar-refractivity contribution < 1.29 is 22.8 Å². The molecule has 5 nitrogen and oxygen atoms in total. The molecule has 8 heteroatoms. The second-order valence-electron chi connectivity index (χ2n) is 8.33. The summed E-state index contributed by atoms with van der Waals surface area (Å²) in [6, 6.07) is 12.1. The predicted octanol–water partition coefficient (Wildman–Crippen LogP) is 3.54. The molecule has 32 heavy (non-hydrogen) atoms. The van der Waals surface area contributed by atoms with Crippen LogP contribution in [0, 0.1) is 0 Å². The highest BCUT2D eigenvalue weighted by atomic mass is 19.4. The fourth-order valence-corrected chi connectivity index (χ4v) is 4.44. The van der Waals surface area contributed by atoms with E-state index in [1.54, 1.807) is 0 Å². The van der Waals surface area contributed by atoms with Crippen molar-refractivity contribution in [1.82, 2.24) is 15.1 Å². The molecule has 0 aliphatic carbocycles. The molecule has 0 radical (unpaired) electrons. The van der Waals surface area contributed by atoms with Gasteiger partial charge in [-0.05, 0) is 48.1 Å². The second kappa shape index (κ2) is 9.32. The quantitative estimate of drug-likeness (QED) is 0.766. The van der Waals surface area contributed by atoms with Crippen molar-refractivity contribution in [3.63, 3.8) is 0 Å².